The minimum atomic E-state index is -0.137. The zero-order valence-corrected chi connectivity index (χ0v) is 10.3. The number of H-pyrrole nitrogens is 2. The van der Waals surface area contributed by atoms with Gasteiger partial charge in [0.05, 0.1) is 11.7 Å². The molecule has 3 rings (SSSR count). The Hall–Kier alpha value is -1.88. The third-order valence-electron chi connectivity index (χ3n) is 2.64. The average molecular weight is 290 g/mol. The SMILES string of the molecule is O=c1[nH]cnc2[nH]cc(-c3ccccc3Br)c12. The van der Waals surface area contributed by atoms with Crippen molar-refractivity contribution < 1.29 is 0 Å². The van der Waals surface area contributed by atoms with Gasteiger partial charge in [-0.2, -0.15) is 0 Å². The molecule has 0 spiro atoms. The molecule has 3 aromatic rings. The number of aromatic amines is 2. The second-order valence-corrected chi connectivity index (χ2v) is 4.49. The van der Waals surface area contributed by atoms with Gasteiger partial charge in [-0.15, -0.1) is 0 Å². The molecule has 0 saturated heterocycles. The molecule has 1 aromatic carbocycles. The fourth-order valence-electron chi connectivity index (χ4n) is 1.86. The van der Waals surface area contributed by atoms with Crippen LogP contribution in [0.2, 0.25) is 0 Å². The molecule has 2 N–H and O–H groups in total. The van der Waals surface area contributed by atoms with Gasteiger partial charge in [-0.1, -0.05) is 34.1 Å². The molecular formula is C12H8BrN3O. The quantitative estimate of drug-likeness (QED) is 0.723. The van der Waals surface area contributed by atoms with E-state index in [1.165, 1.54) is 6.33 Å². The van der Waals surface area contributed by atoms with E-state index >= 15 is 0 Å². The summed E-state index contributed by atoms with van der Waals surface area (Å²) >= 11 is 3.48. The summed E-state index contributed by atoms with van der Waals surface area (Å²) in [4.78, 5) is 21.5. The Morgan fingerprint density at radius 3 is 2.76 bits per heavy atom. The summed E-state index contributed by atoms with van der Waals surface area (Å²) in [6.07, 6.45) is 3.19. The van der Waals surface area contributed by atoms with E-state index in [0.717, 1.165) is 15.6 Å². The van der Waals surface area contributed by atoms with Crippen molar-refractivity contribution in [1.29, 1.82) is 0 Å². The number of hydrogen-bond acceptors (Lipinski definition) is 2. The molecule has 0 unspecified atom stereocenters. The summed E-state index contributed by atoms with van der Waals surface area (Å²) in [7, 11) is 0. The summed E-state index contributed by atoms with van der Waals surface area (Å²) in [5, 5.41) is 0.583. The highest BCUT2D eigenvalue weighted by atomic mass is 79.9. The number of aromatic nitrogens is 3. The lowest BCUT2D eigenvalue weighted by Crippen LogP contribution is -2.05. The molecule has 2 heterocycles. The third-order valence-corrected chi connectivity index (χ3v) is 3.33. The lowest BCUT2D eigenvalue weighted by Gasteiger charge is -2.01. The van der Waals surface area contributed by atoms with Crippen LogP contribution in [-0.4, -0.2) is 15.0 Å². The maximum absolute atomic E-state index is 11.8. The highest BCUT2D eigenvalue weighted by Crippen LogP contribution is 2.31. The van der Waals surface area contributed by atoms with Gasteiger partial charge in [-0.25, -0.2) is 4.98 Å². The number of fused-ring (bicyclic) bond motifs is 1. The van der Waals surface area contributed by atoms with Gasteiger partial charge >= 0.3 is 0 Å². The van der Waals surface area contributed by atoms with Crippen molar-refractivity contribution in [2.24, 2.45) is 0 Å². The van der Waals surface area contributed by atoms with Crippen molar-refractivity contribution in [3.05, 3.63) is 51.6 Å². The average Bonchev–Trinajstić information content (AvgIpc) is 2.75. The molecule has 0 aliphatic heterocycles. The first-order valence-corrected chi connectivity index (χ1v) is 5.86. The van der Waals surface area contributed by atoms with Gasteiger partial charge in [0, 0.05) is 16.2 Å². The highest BCUT2D eigenvalue weighted by molar-refractivity contribution is 9.10. The molecule has 4 nitrogen and oxygen atoms in total. The Kier molecular flexibility index (Phi) is 2.33. The molecule has 5 heteroatoms. The molecule has 0 atom stereocenters. The lowest BCUT2D eigenvalue weighted by atomic mass is 10.1. The third kappa shape index (κ3) is 1.59. The van der Waals surface area contributed by atoms with Crippen LogP contribution >= 0.6 is 15.9 Å². The van der Waals surface area contributed by atoms with E-state index in [2.05, 4.69) is 30.9 Å². The van der Waals surface area contributed by atoms with Gasteiger partial charge in [0.1, 0.15) is 5.65 Å². The molecule has 0 radical (unpaired) electrons. The van der Waals surface area contributed by atoms with Crippen LogP contribution in [0.15, 0.2) is 46.1 Å². The second kappa shape index (κ2) is 3.85. The van der Waals surface area contributed by atoms with Crippen LogP contribution in [0.5, 0.6) is 0 Å². The van der Waals surface area contributed by atoms with Gasteiger partial charge in [-0.3, -0.25) is 4.79 Å². The first-order valence-electron chi connectivity index (χ1n) is 5.07. The molecule has 0 aliphatic carbocycles. The Morgan fingerprint density at radius 1 is 1.12 bits per heavy atom. The lowest BCUT2D eigenvalue weighted by molar-refractivity contribution is 1.16. The first-order chi connectivity index (χ1) is 8.27. The highest BCUT2D eigenvalue weighted by Gasteiger charge is 2.11. The summed E-state index contributed by atoms with van der Waals surface area (Å²) < 4.78 is 0.948. The number of rotatable bonds is 1. The Morgan fingerprint density at radius 2 is 1.94 bits per heavy atom. The van der Waals surface area contributed by atoms with Gasteiger partial charge in [-0.05, 0) is 11.6 Å². The Bertz CT molecular complexity index is 745. The normalized spacial score (nSPS) is 10.9. The topological polar surface area (TPSA) is 61.5 Å². The van der Waals surface area contributed by atoms with E-state index in [1.807, 2.05) is 24.3 Å². The van der Waals surface area contributed by atoms with E-state index in [0.29, 0.717) is 11.0 Å². The fraction of sp³-hybridized carbons (Fsp3) is 0. The van der Waals surface area contributed by atoms with E-state index in [-0.39, 0.29) is 5.56 Å². The summed E-state index contributed by atoms with van der Waals surface area (Å²) in [5.74, 6) is 0. The van der Waals surface area contributed by atoms with Crippen LogP contribution in [0.1, 0.15) is 0 Å². The van der Waals surface area contributed by atoms with E-state index in [4.69, 9.17) is 0 Å². The maximum Gasteiger partial charge on any atom is 0.260 e. The van der Waals surface area contributed by atoms with Gasteiger partial charge in [0.15, 0.2) is 0 Å². The number of halogens is 1. The largest absolute Gasteiger partial charge is 0.345 e. The van der Waals surface area contributed by atoms with Gasteiger partial charge in [0.25, 0.3) is 5.56 Å². The van der Waals surface area contributed by atoms with Crippen LogP contribution in [0, 0.1) is 0 Å². The fourth-order valence-corrected chi connectivity index (χ4v) is 2.36. The van der Waals surface area contributed by atoms with Crippen LogP contribution in [0.3, 0.4) is 0 Å². The summed E-state index contributed by atoms with van der Waals surface area (Å²) in [6.45, 7) is 0. The van der Waals surface area contributed by atoms with Crippen molar-refractivity contribution in [2.75, 3.05) is 0 Å². The van der Waals surface area contributed by atoms with Crippen molar-refractivity contribution in [2.45, 2.75) is 0 Å². The maximum atomic E-state index is 11.8. The van der Waals surface area contributed by atoms with Crippen LogP contribution in [-0.2, 0) is 0 Å². The Labute approximate surface area is 105 Å². The van der Waals surface area contributed by atoms with Gasteiger partial charge < -0.3 is 9.97 Å². The monoisotopic (exact) mass is 289 g/mol. The summed E-state index contributed by atoms with van der Waals surface area (Å²) in [5.41, 5.74) is 2.28. The smallest absolute Gasteiger partial charge is 0.260 e. The molecule has 0 fully saturated rings. The minimum Gasteiger partial charge on any atom is -0.345 e. The molecular weight excluding hydrogens is 282 g/mol. The first kappa shape index (κ1) is 10.3. The van der Waals surface area contributed by atoms with Crippen molar-refractivity contribution in [3.8, 4) is 11.1 Å². The summed E-state index contributed by atoms with van der Waals surface area (Å²) in [6, 6.07) is 7.77. The van der Waals surface area contributed by atoms with E-state index < -0.39 is 0 Å². The molecule has 17 heavy (non-hydrogen) atoms. The van der Waals surface area contributed by atoms with Crippen LogP contribution in [0.25, 0.3) is 22.2 Å². The molecule has 84 valence electrons. The van der Waals surface area contributed by atoms with Crippen LogP contribution in [0.4, 0.5) is 0 Å². The molecule has 0 aliphatic rings. The van der Waals surface area contributed by atoms with Crippen molar-refractivity contribution >= 4 is 27.0 Å². The number of benzene rings is 1. The number of hydrogen-bond donors (Lipinski definition) is 2. The Balaban J connectivity index is 2.40. The van der Waals surface area contributed by atoms with Crippen molar-refractivity contribution in [1.82, 2.24) is 15.0 Å². The predicted octanol–water partition coefficient (Wildman–Crippen LogP) is 2.68. The predicted molar refractivity (Wildman–Crippen MR) is 69.9 cm³/mol. The molecule has 2 aromatic heterocycles. The van der Waals surface area contributed by atoms with Crippen LogP contribution < -0.4 is 5.56 Å². The van der Waals surface area contributed by atoms with Gasteiger partial charge in [0.2, 0.25) is 0 Å². The molecule has 0 bridgehead atoms. The second-order valence-electron chi connectivity index (χ2n) is 3.64. The molecule has 0 amide bonds. The minimum absolute atomic E-state index is 0.137. The standard InChI is InChI=1S/C12H8BrN3O/c13-9-4-2-1-3-7(9)8-5-14-11-10(8)12(17)16-6-15-11/h1-6H,(H2,14,15,16,17). The molecule has 0 saturated carbocycles. The number of nitrogens with one attached hydrogen (secondary N) is 2. The number of nitrogens with zero attached hydrogens (tertiary/aromatic N) is 1. The van der Waals surface area contributed by atoms with Crippen molar-refractivity contribution in [3.63, 3.8) is 0 Å². The van der Waals surface area contributed by atoms with E-state index in [9.17, 15) is 4.79 Å². The van der Waals surface area contributed by atoms with E-state index in [1.54, 1.807) is 6.20 Å². The zero-order valence-electron chi connectivity index (χ0n) is 8.70. The zero-order chi connectivity index (χ0) is 11.8.